The third kappa shape index (κ3) is 5.09. The topological polar surface area (TPSA) is 60.0 Å². The van der Waals surface area contributed by atoms with Crippen LogP contribution in [0.15, 0.2) is 47.6 Å². The Bertz CT molecular complexity index is 1030. The van der Waals surface area contributed by atoms with Crippen molar-refractivity contribution in [2.24, 2.45) is 0 Å². The van der Waals surface area contributed by atoms with Gasteiger partial charge in [-0.25, -0.2) is 9.69 Å². The van der Waals surface area contributed by atoms with Gasteiger partial charge >= 0.3 is 11.5 Å². The van der Waals surface area contributed by atoms with Crippen LogP contribution >= 0.6 is 11.8 Å². The van der Waals surface area contributed by atoms with E-state index in [0.717, 1.165) is 42.3 Å². The first kappa shape index (κ1) is 23.4. The maximum absolute atomic E-state index is 13.2. The first-order valence-electron chi connectivity index (χ1n) is 10.5. The van der Waals surface area contributed by atoms with E-state index >= 15 is 0 Å². The van der Waals surface area contributed by atoms with E-state index in [1.165, 1.54) is 29.2 Å². The lowest BCUT2D eigenvalue weighted by atomic mass is 10.1. The number of carbonyl (C=O) groups excluding carboxylic acids is 2. The average molecular weight is 480 g/mol. The summed E-state index contributed by atoms with van der Waals surface area (Å²) in [6.45, 7) is 5.40. The van der Waals surface area contributed by atoms with Crippen molar-refractivity contribution in [3.05, 3.63) is 48.3 Å². The van der Waals surface area contributed by atoms with Crippen LogP contribution in [0.5, 0.6) is 0 Å². The number of alkyl halides is 3. The van der Waals surface area contributed by atoms with Crippen LogP contribution in [-0.4, -0.2) is 71.5 Å². The van der Waals surface area contributed by atoms with E-state index in [9.17, 15) is 22.8 Å². The molecule has 3 amide bonds. The lowest BCUT2D eigenvalue weighted by Gasteiger charge is -2.35. The second-order valence-electron chi connectivity index (χ2n) is 8.10. The summed E-state index contributed by atoms with van der Waals surface area (Å²) in [6.07, 6.45) is 3.44. The Morgan fingerprint density at radius 3 is 2.36 bits per heavy atom. The number of likely N-dealkylation sites (N-methyl/N-ethyl adjacent to an activating group) is 1. The van der Waals surface area contributed by atoms with Gasteiger partial charge in [0, 0.05) is 37.3 Å². The lowest BCUT2D eigenvalue weighted by Crippen LogP contribution is -2.45. The van der Waals surface area contributed by atoms with E-state index in [1.54, 1.807) is 19.3 Å². The van der Waals surface area contributed by atoms with E-state index in [2.05, 4.69) is 21.8 Å². The van der Waals surface area contributed by atoms with Crippen LogP contribution in [0.1, 0.15) is 12.5 Å². The molecular weight excluding hydrogens is 455 g/mol. The van der Waals surface area contributed by atoms with Gasteiger partial charge in [-0.05, 0) is 61.6 Å². The summed E-state index contributed by atoms with van der Waals surface area (Å²) < 4.78 is 37.8. The van der Waals surface area contributed by atoms with Crippen molar-refractivity contribution in [1.82, 2.24) is 14.8 Å². The predicted octanol–water partition coefficient (Wildman–Crippen LogP) is 3.80. The molecule has 0 bridgehead atoms. The van der Waals surface area contributed by atoms with E-state index in [-0.39, 0.29) is 28.9 Å². The maximum atomic E-state index is 13.2. The summed E-state index contributed by atoms with van der Waals surface area (Å²) in [5.74, 6) is -0.411. The fourth-order valence-electron chi connectivity index (χ4n) is 4.01. The molecule has 2 aliphatic heterocycles. The first-order valence-corrected chi connectivity index (χ1v) is 11.3. The SMILES string of the molecule is CC1C(=O)N(c2ccc(SC(F)(F)F)cc2)C(=O)N1Cc1ccncc1N1CCN(C)CC1. The molecule has 0 aliphatic carbocycles. The molecule has 176 valence electrons. The van der Waals surface area contributed by atoms with Crippen molar-refractivity contribution in [2.75, 3.05) is 43.0 Å². The predicted molar refractivity (Wildman–Crippen MR) is 120 cm³/mol. The minimum atomic E-state index is -4.40. The zero-order chi connectivity index (χ0) is 23.8. The Morgan fingerprint density at radius 2 is 1.73 bits per heavy atom. The number of aromatic nitrogens is 1. The average Bonchev–Trinajstić information content (AvgIpc) is 2.98. The largest absolute Gasteiger partial charge is 0.446 e. The van der Waals surface area contributed by atoms with E-state index in [4.69, 9.17) is 0 Å². The van der Waals surface area contributed by atoms with E-state index in [0.29, 0.717) is 0 Å². The van der Waals surface area contributed by atoms with Crippen LogP contribution in [0.3, 0.4) is 0 Å². The molecule has 4 rings (SSSR count). The zero-order valence-corrected chi connectivity index (χ0v) is 19.1. The second kappa shape index (κ2) is 9.22. The Labute approximate surface area is 194 Å². The minimum absolute atomic E-state index is 0.0103. The van der Waals surface area contributed by atoms with Gasteiger partial charge in [-0.15, -0.1) is 0 Å². The number of hydrogen-bond acceptors (Lipinski definition) is 6. The van der Waals surface area contributed by atoms with Crippen molar-refractivity contribution in [2.45, 2.75) is 29.9 Å². The zero-order valence-electron chi connectivity index (χ0n) is 18.2. The number of benzene rings is 1. The summed E-state index contributed by atoms with van der Waals surface area (Å²) in [7, 11) is 2.07. The quantitative estimate of drug-likeness (QED) is 0.480. The van der Waals surface area contributed by atoms with E-state index in [1.807, 2.05) is 6.07 Å². The molecule has 1 aromatic heterocycles. The number of amides is 3. The van der Waals surface area contributed by atoms with Crippen LogP contribution in [-0.2, 0) is 11.3 Å². The van der Waals surface area contributed by atoms with Crippen molar-refractivity contribution in [3.63, 3.8) is 0 Å². The second-order valence-corrected chi connectivity index (χ2v) is 9.23. The van der Waals surface area contributed by atoms with Gasteiger partial charge < -0.3 is 14.7 Å². The van der Waals surface area contributed by atoms with Crippen molar-refractivity contribution in [3.8, 4) is 0 Å². The molecule has 2 fully saturated rings. The molecule has 0 saturated carbocycles. The molecule has 7 nitrogen and oxygen atoms in total. The van der Waals surface area contributed by atoms with Gasteiger partial charge in [-0.3, -0.25) is 9.78 Å². The molecular formula is C22H24F3N5O2S. The molecule has 11 heteroatoms. The third-order valence-electron chi connectivity index (χ3n) is 5.88. The number of rotatable bonds is 5. The monoisotopic (exact) mass is 479 g/mol. The molecule has 1 aromatic carbocycles. The van der Waals surface area contributed by atoms with Gasteiger partial charge in [0.1, 0.15) is 6.04 Å². The number of anilines is 2. The summed E-state index contributed by atoms with van der Waals surface area (Å²) in [4.78, 5) is 37.3. The highest BCUT2D eigenvalue weighted by molar-refractivity contribution is 8.00. The third-order valence-corrected chi connectivity index (χ3v) is 6.62. The highest BCUT2D eigenvalue weighted by Gasteiger charge is 2.43. The molecule has 1 atom stereocenters. The van der Waals surface area contributed by atoms with Crippen molar-refractivity contribution in [1.29, 1.82) is 0 Å². The smallest absolute Gasteiger partial charge is 0.367 e. The normalized spacial score (nSPS) is 20.2. The summed E-state index contributed by atoms with van der Waals surface area (Å²) in [6, 6.07) is 5.90. The van der Waals surface area contributed by atoms with Gasteiger partial charge in [-0.2, -0.15) is 13.2 Å². The van der Waals surface area contributed by atoms with Crippen molar-refractivity contribution < 1.29 is 22.8 Å². The molecule has 3 heterocycles. The summed E-state index contributed by atoms with van der Waals surface area (Å²) in [5, 5.41) is 0. The van der Waals surface area contributed by atoms with Crippen LogP contribution in [0.2, 0.25) is 0 Å². The number of hydrogen-bond donors (Lipinski definition) is 0. The fourth-order valence-corrected chi connectivity index (χ4v) is 4.55. The number of urea groups is 1. The van der Waals surface area contributed by atoms with Gasteiger partial charge in [-0.1, -0.05) is 0 Å². The fraction of sp³-hybridized carbons (Fsp3) is 0.409. The number of pyridine rings is 1. The highest BCUT2D eigenvalue weighted by Crippen LogP contribution is 2.38. The van der Waals surface area contributed by atoms with Gasteiger partial charge in [0.15, 0.2) is 0 Å². The summed E-state index contributed by atoms with van der Waals surface area (Å²) in [5.41, 5.74) is -2.33. The number of nitrogens with zero attached hydrogens (tertiary/aromatic N) is 5. The Hall–Kier alpha value is -2.79. The maximum Gasteiger partial charge on any atom is 0.446 e. The van der Waals surface area contributed by atoms with E-state index < -0.39 is 23.5 Å². The molecule has 0 spiro atoms. The Morgan fingerprint density at radius 1 is 1.06 bits per heavy atom. The molecule has 0 N–H and O–H groups in total. The first-order chi connectivity index (χ1) is 15.6. The molecule has 33 heavy (non-hydrogen) atoms. The Kier molecular flexibility index (Phi) is 6.53. The number of halogens is 3. The Balaban J connectivity index is 1.53. The summed E-state index contributed by atoms with van der Waals surface area (Å²) >= 11 is -0.241. The van der Waals surface area contributed by atoms with Crippen LogP contribution in [0.4, 0.5) is 29.3 Å². The lowest BCUT2D eigenvalue weighted by molar-refractivity contribution is -0.119. The number of piperazine rings is 1. The van der Waals surface area contributed by atoms with Crippen LogP contribution in [0.25, 0.3) is 0 Å². The van der Waals surface area contributed by atoms with Crippen LogP contribution in [0, 0.1) is 0 Å². The number of imide groups is 1. The number of carbonyl (C=O) groups is 2. The van der Waals surface area contributed by atoms with Gasteiger partial charge in [0.05, 0.1) is 24.1 Å². The van der Waals surface area contributed by atoms with Crippen molar-refractivity contribution >= 4 is 35.1 Å². The molecule has 2 aliphatic rings. The van der Waals surface area contributed by atoms with Gasteiger partial charge in [0.25, 0.3) is 5.91 Å². The molecule has 2 aromatic rings. The number of thioether (sulfide) groups is 1. The van der Waals surface area contributed by atoms with Gasteiger partial charge in [0.2, 0.25) is 0 Å². The highest BCUT2D eigenvalue weighted by atomic mass is 32.2. The molecule has 0 radical (unpaired) electrons. The molecule has 2 saturated heterocycles. The standard InChI is InChI=1S/C22H24F3N5O2S/c1-15-20(31)30(17-3-5-18(6-4-17)33-22(23,24)25)21(32)29(15)14-16-7-8-26-13-19(16)28-11-9-27(2)10-12-28/h3-8,13,15H,9-12,14H2,1-2H3. The van der Waals surface area contributed by atoms with Crippen LogP contribution < -0.4 is 9.80 Å². The molecule has 1 unspecified atom stereocenters. The minimum Gasteiger partial charge on any atom is -0.367 e.